The van der Waals surface area contributed by atoms with Crippen LogP contribution < -0.4 is 5.32 Å². The van der Waals surface area contributed by atoms with Gasteiger partial charge in [0.05, 0.1) is 6.07 Å². The highest BCUT2D eigenvalue weighted by molar-refractivity contribution is 5.11. The second-order valence-corrected chi connectivity index (χ2v) is 5.07. The standard InChI is InChI=1S/C12H20N2/c1-12(9-13,14-11-7-8-11)10-5-3-2-4-6-10/h10-11,14H,2-8H2,1H3. The molecule has 0 aromatic rings. The second kappa shape index (κ2) is 3.90. The Hall–Kier alpha value is -0.550. The Balaban J connectivity index is 1.97. The van der Waals surface area contributed by atoms with Crippen molar-refractivity contribution in [3.05, 3.63) is 0 Å². The van der Waals surface area contributed by atoms with E-state index in [-0.39, 0.29) is 5.54 Å². The summed E-state index contributed by atoms with van der Waals surface area (Å²) in [4.78, 5) is 0. The molecule has 0 radical (unpaired) electrons. The molecule has 2 rings (SSSR count). The van der Waals surface area contributed by atoms with Gasteiger partial charge in [-0.2, -0.15) is 5.26 Å². The van der Waals surface area contributed by atoms with Crippen LogP contribution in [0.2, 0.25) is 0 Å². The van der Waals surface area contributed by atoms with Gasteiger partial charge in [-0.25, -0.2) is 0 Å². The molecular formula is C12H20N2. The summed E-state index contributed by atoms with van der Waals surface area (Å²) < 4.78 is 0. The van der Waals surface area contributed by atoms with Crippen molar-refractivity contribution in [2.24, 2.45) is 5.92 Å². The maximum atomic E-state index is 9.30. The van der Waals surface area contributed by atoms with Gasteiger partial charge in [-0.3, -0.25) is 5.32 Å². The molecule has 0 saturated heterocycles. The van der Waals surface area contributed by atoms with E-state index < -0.39 is 0 Å². The molecule has 0 aromatic carbocycles. The molecule has 2 aliphatic rings. The minimum atomic E-state index is -0.248. The van der Waals surface area contributed by atoms with Gasteiger partial charge >= 0.3 is 0 Å². The molecule has 0 spiro atoms. The molecule has 1 unspecified atom stereocenters. The highest BCUT2D eigenvalue weighted by atomic mass is 15.0. The van der Waals surface area contributed by atoms with Crippen LogP contribution >= 0.6 is 0 Å². The lowest BCUT2D eigenvalue weighted by Crippen LogP contribution is -2.49. The predicted molar refractivity (Wildman–Crippen MR) is 56.8 cm³/mol. The first-order valence-electron chi connectivity index (χ1n) is 5.93. The average molecular weight is 192 g/mol. The van der Waals surface area contributed by atoms with Crippen molar-refractivity contribution >= 4 is 0 Å². The number of hydrogen-bond donors (Lipinski definition) is 1. The molecule has 0 heterocycles. The fourth-order valence-electron chi connectivity index (χ4n) is 2.57. The van der Waals surface area contributed by atoms with Crippen LogP contribution in [0.25, 0.3) is 0 Å². The molecular weight excluding hydrogens is 172 g/mol. The van der Waals surface area contributed by atoms with Crippen molar-refractivity contribution in [1.82, 2.24) is 5.32 Å². The normalized spacial score (nSPS) is 28.0. The lowest BCUT2D eigenvalue weighted by Gasteiger charge is -2.35. The SMILES string of the molecule is CC(C#N)(NC1CC1)C1CCCCC1. The third kappa shape index (κ3) is 2.09. The van der Waals surface area contributed by atoms with Crippen LogP contribution in [0.15, 0.2) is 0 Å². The second-order valence-electron chi connectivity index (χ2n) is 5.07. The van der Waals surface area contributed by atoms with Crippen LogP contribution in [0.5, 0.6) is 0 Å². The Labute approximate surface area is 86.7 Å². The highest BCUT2D eigenvalue weighted by Crippen LogP contribution is 2.34. The van der Waals surface area contributed by atoms with Crippen molar-refractivity contribution in [3.63, 3.8) is 0 Å². The van der Waals surface area contributed by atoms with E-state index in [0.717, 1.165) is 0 Å². The van der Waals surface area contributed by atoms with Crippen LogP contribution in [0.1, 0.15) is 51.9 Å². The first-order chi connectivity index (χ1) is 6.74. The molecule has 0 aromatic heterocycles. The topological polar surface area (TPSA) is 35.8 Å². The molecule has 2 heteroatoms. The van der Waals surface area contributed by atoms with Gasteiger partial charge in [0.25, 0.3) is 0 Å². The molecule has 1 N–H and O–H groups in total. The molecule has 2 aliphatic carbocycles. The van der Waals surface area contributed by atoms with Crippen LogP contribution in [-0.4, -0.2) is 11.6 Å². The van der Waals surface area contributed by atoms with E-state index in [2.05, 4.69) is 18.3 Å². The molecule has 1 atom stereocenters. The molecule has 2 fully saturated rings. The first kappa shape index (κ1) is 9.98. The third-order valence-electron chi connectivity index (χ3n) is 3.74. The number of rotatable bonds is 3. The summed E-state index contributed by atoms with van der Waals surface area (Å²) >= 11 is 0. The molecule has 0 bridgehead atoms. The van der Waals surface area contributed by atoms with E-state index >= 15 is 0 Å². The Morgan fingerprint density at radius 3 is 2.29 bits per heavy atom. The van der Waals surface area contributed by atoms with Crippen LogP contribution in [0, 0.1) is 17.2 Å². The number of nitriles is 1. The molecule has 78 valence electrons. The maximum absolute atomic E-state index is 9.30. The summed E-state index contributed by atoms with van der Waals surface area (Å²) in [6.07, 6.45) is 9.01. The summed E-state index contributed by atoms with van der Waals surface area (Å²) in [6, 6.07) is 3.15. The van der Waals surface area contributed by atoms with Gasteiger partial charge < -0.3 is 0 Å². The Bertz CT molecular complexity index is 233. The predicted octanol–water partition coefficient (Wildman–Crippen LogP) is 2.60. The van der Waals surface area contributed by atoms with E-state index in [9.17, 15) is 5.26 Å². The first-order valence-corrected chi connectivity index (χ1v) is 5.93. The summed E-state index contributed by atoms with van der Waals surface area (Å²) in [6.45, 7) is 2.10. The number of nitrogens with one attached hydrogen (secondary N) is 1. The Kier molecular flexibility index (Phi) is 2.78. The van der Waals surface area contributed by atoms with Crippen molar-refractivity contribution in [3.8, 4) is 6.07 Å². The van der Waals surface area contributed by atoms with Gasteiger partial charge in [-0.1, -0.05) is 19.3 Å². The number of hydrogen-bond acceptors (Lipinski definition) is 2. The molecule has 2 nitrogen and oxygen atoms in total. The van der Waals surface area contributed by atoms with Crippen molar-refractivity contribution < 1.29 is 0 Å². The monoisotopic (exact) mass is 192 g/mol. The summed E-state index contributed by atoms with van der Waals surface area (Å²) in [5.41, 5.74) is -0.248. The summed E-state index contributed by atoms with van der Waals surface area (Å²) in [5, 5.41) is 12.8. The van der Waals surface area contributed by atoms with Crippen LogP contribution in [-0.2, 0) is 0 Å². The average Bonchev–Trinajstić information content (AvgIpc) is 3.03. The van der Waals surface area contributed by atoms with Crippen molar-refractivity contribution in [2.45, 2.75) is 63.5 Å². The maximum Gasteiger partial charge on any atom is 0.106 e. The van der Waals surface area contributed by atoms with Gasteiger partial charge in [0.15, 0.2) is 0 Å². The summed E-state index contributed by atoms with van der Waals surface area (Å²) in [7, 11) is 0. The lowest BCUT2D eigenvalue weighted by atomic mass is 9.76. The van der Waals surface area contributed by atoms with Crippen LogP contribution in [0.4, 0.5) is 0 Å². The minimum absolute atomic E-state index is 0.248. The van der Waals surface area contributed by atoms with Crippen molar-refractivity contribution in [1.29, 1.82) is 5.26 Å². The van der Waals surface area contributed by atoms with Crippen molar-refractivity contribution in [2.75, 3.05) is 0 Å². The lowest BCUT2D eigenvalue weighted by molar-refractivity contribution is 0.226. The van der Waals surface area contributed by atoms with E-state index in [1.807, 2.05) is 0 Å². The summed E-state index contributed by atoms with van der Waals surface area (Å²) in [5.74, 6) is 0.585. The minimum Gasteiger partial charge on any atom is -0.297 e. The third-order valence-corrected chi connectivity index (χ3v) is 3.74. The van der Waals surface area contributed by atoms with E-state index in [1.165, 1.54) is 44.9 Å². The van der Waals surface area contributed by atoms with Gasteiger partial charge in [0.1, 0.15) is 5.54 Å². The van der Waals surface area contributed by atoms with E-state index in [0.29, 0.717) is 12.0 Å². The molecule has 14 heavy (non-hydrogen) atoms. The zero-order chi connectivity index (χ0) is 10.0. The highest BCUT2D eigenvalue weighted by Gasteiger charge is 2.39. The Morgan fingerprint density at radius 2 is 1.79 bits per heavy atom. The Morgan fingerprint density at radius 1 is 1.14 bits per heavy atom. The van der Waals surface area contributed by atoms with Crippen LogP contribution in [0.3, 0.4) is 0 Å². The van der Waals surface area contributed by atoms with E-state index in [1.54, 1.807) is 0 Å². The number of nitrogens with zero attached hydrogens (tertiary/aromatic N) is 1. The molecule has 0 aliphatic heterocycles. The fourth-order valence-corrected chi connectivity index (χ4v) is 2.57. The van der Waals surface area contributed by atoms with E-state index in [4.69, 9.17) is 0 Å². The molecule has 2 saturated carbocycles. The molecule has 0 amide bonds. The van der Waals surface area contributed by atoms with Gasteiger partial charge in [0, 0.05) is 6.04 Å². The van der Waals surface area contributed by atoms with Gasteiger partial charge in [0.2, 0.25) is 0 Å². The quantitative estimate of drug-likeness (QED) is 0.746. The van der Waals surface area contributed by atoms with Gasteiger partial charge in [-0.05, 0) is 38.5 Å². The fraction of sp³-hybridized carbons (Fsp3) is 0.917. The smallest absolute Gasteiger partial charge is 0.106 e. The largest absolute Gasteiger partial charge is 0.297 e. The zero-order valence-corrected chi connectivity index (χ0v) is 9.05. The zero-order valence-electron chi connectivity index (χ0n) is 9.05. The van der Waals surface area contributed by atoms with Gasteiger partial charge in [-0.15, -0.1) is 0 Å².